The fraction of sp³-hybridized carbons (Fsp3) is 0.167. The molecule has 0 radical (unpaired) electrons. The van der Waals surface area contributed by atoms with Crippen molar-refractivity contribution in [2.24, 2.45) is 0 Å². The zero-order chi connectivity index (χ0) is 14.0. The van der Waals surface area contributed by atoms with Gasteiger partial charge in [0, 0.05) is 11.8 Å². The van der Waals surface area contributed by atoms with Gasteiger partial charge in [0.05, 0.1) is 6.20 Å². The molecule has 0 aliphatic rings. The lowest BCUT2D eigenvalue weighted by molar-refractivity contribution is -0.138. The van der Waals surface area contributed by atoms with Crippen LogP contribution in [0.2, 0.25) is 0 Å². The number of nitrogens with two attached hydrogens (primary N) is 1. The van der Waals surface area contributed by atoms with Gasteiger partial charge in [-0.15, -0.1) is 5.10 Å². The molecule has 2 N–H and O–H groups in total. The first-order chi connectivity index (χ1) is 8.86. The van der Waals surface area contributed by atoms with E-state index in [4.69, 9.17) is 10.5 Å². The molecule has 0 aliphatic carbocycles. The lowest BCUT2D eigenvalue weighted by atomic mass is 10.1. The van der Waals surface area contributed by atoms with Crippen LogP contribution in [0, 0.1) is 6.92 Å². The van der Waals surface area contributed by atoms with Crippen molar-refractivity contribution in [3.05, 3.63) is 41.6 Å². The van der Waals surface area contributed by atoms with Gasteiger partial charge < -0.3 is 10.5 Å². The molecule has 19 heavy (non-hydrogen) atoms. The average molecular weight is 269 g/mol. The van der Waals surface area contributed by atoms with Crippen molar-refractivity contribution in [3.63, 3.8) is 0 Å². The Morgan fingerprint density at radius 3 is 2.58 bits per heavy atom. The minimum absolute atomic E-state index is 0.00438. The summed E-state index contributed by atoms with van der Waals surface area (Å²) >= 11 is 0. The molecular weight excluding hydrogens is 259 g/mol. The number of alkyl halides is 3. The Morgan fingerprint density at radius 2 is 1.95 bits per heavy atom. The van der Waals surface area contributed by atoms with Gasteiger partial charge in [-0.2, -0.15) is 18.3 Å². The molecule has 0 fully saturated rings. The fourth-order valence-electron chi connectivity index (χ4n) is 1.46. The van der Waals surface area contributed by atoms with Crippen molar-refractivity contribution in [3.8, 4) is 11.6 Å². The third-order valence-corrected chi connectivity index (χ3v) is 2.29. The Morgan fingerprint density at radius 1 is 1.21 bits per heavy atom. The highest BCUT2D eigenvalue weighted by atomic mass is 19.4. The predicted molar refractivity (Wildman–Crippen MR) is 62.7 cm³/mol. The van der Waals surface area contributed by atoms with E-state index in [0.717, 1.165) is 17.7 Å². The summed E-state index contributed by atoms with van der Waals surface area (Å²) in [6, 6.07) is 4.79. The number of hydrogen-bond donors (Lipinski definition) is 1. The molecule has 4 nitrogen and oxygen atoms in total. The van der Waals surface area contributed by atoms with E-state index in [9.17, 15) is 13.2 Å². The summed E-state index contributed by atoms with van der Waals surface area (Å²) < 4.78 is 43.6. The van der Waals surface area contributed by atoms with Crippen LogP contribution in [0.3, 0.4) is 0 Å². The second kappa shape index (κ2) is 4.75. The zero-order valence-corrected chi connectivity index (χ0v) is 9.90. The normalized spacial score (nSPS) is 11.4. The van der Waals surface area contributed by atoms with Crippen LogP contribution in [-0.4, -0.2) is 10.2 Å². The van der Waals surface area contributed by atoms with Crippen LogP contribution in [0.15, 0.2) is 30.5 Å². The van der Waals surface area contributed by atoms with E-state index in [1.165, 1.54) is 18.3 Å². The van der Waals surface area contributed by atoms with Gasteiger partial charge in [-0.1, -0.05) is 0 Å². The highest BCUT2D eigenvalue weighted by Gasteiger charge is 2.34. The third kappa shape index (κ3) is 3.12. The number of halogens is 3. The van der Waals surface area contributed by atoms with E-state index in [1.54, 1.807) is 6.92 Å². The number of aromatic nitrogens is 2. The summed E-state index contributed by atoms with van der Waals surface area (Å²) in [5.74, 6) is -0.364. The van der Waals surface area contributed by atoms with Gasteiger partial charge in [-0.25, -0.2) is 0 Å². The highest BCUT2D eigenvalue weighted by molar-refractivity contribution is 5.50. The highest BCUT2D eigenvalue weighted by Crippen LogP contribution is 2.38. The number of nitrogen functional groups attached to an aromatic ring is 1. The van der Waals surface area contributed by atoms with Crippen molar-refractivity contribution in [2.45, 2.75) is 13.1 Å². The number of aryl methyl sites for hydroxylation is 1. The first kappa shape index (κ1) is 13.1. The van der Waals surface area contributed by atoms with E-state index in [2.05, 4.69) is 10.2 Å². The molecule has 7 heteroatoms. The van der Waals surface area contributed by atoms with Crippen LogP contribution < -0.4 is 10.5 Å². The molecule has 0 bridgehead atoms. The second-order valence-electron chi connectivity index (χ2n) is 3.93. The second-order valence-corrected chi connectivity index (χ2v) is 3.93. The number of rotatable bonds is 2. The molecule has 2 rings (SSSR count). The predicted octanol–water partition coefficient (Wildman–Crippen LogP) is 3.18. The van der Waals surface area contributed by atoms with Crippen LogP contribution in [0.5, 0.6) is 11.6 Å². The first-order valence-electron chi connectivity index (χ1n) is 5.30. The summed E-state index contributed by atoms with van der Waals surface area (Å²) in [6.07, 6.45) is -3.08. The lowest BCUT2D eigenvalue weighted by Crippen LogP contribution is -2.08. The number of anilines is 1. The van der Waals surface area contributed by atoms with Crippen LogP contribution in [0.4, 0.5) is 18.9 Å². The lowest BCUT2D eigenvalue weighted by Gasteiger charge is -2.13. The van der Waals surface area contributed by atoms with Gasteiger partial charge in [0.25, 0.3) is 0 Å². The maximum Gasteiger partial charge on any atom is 0.420 e. The number of ether oxygens (including phenoxy) is 1. The molecule has 1 aromatic carbocycles. The van der Waals surface area contributed by atoms with Crippen molar-refractivity contribution >= 4 is 5.69 Å². The Labute approximate surface area is 107 Å². The molecular formula is C12H10F3N3O. The summed E-state index contributed by atoms with van der Waals surface area (Å²) in [4.78, 5) is 0. The monoisotopic (exact) mass is 269 g/mol. The number of nitrogens with zero attached hydrogens (tertiary/aromatic N) is 2. The molecule has 0 saturated heterocycles. The summed E-state index contributed by atoms with van der Waals surface area (Å²) in [7, 11) is 0. The first-order valence-corrected chi connectivity index (χ1v) is 5.30. The molecule has 0 saturated carbocycles. The Balaban J connectivity index is 2.40. The summed E-state index contributed by atoms with van der Waals surface area (Å²) in [5, 5.41) is 7.22. The Bertz CT molecular complexity index is 599. The summed E-state index contributed by atoms with van der Waals surface area (Å²) in [6.45, 7) is 1.73. The topological polar surface area (TPSA) is 61.0 Å². The van der Waals surface area contributed by atoms with Crippen LogP contribution in [-0.2, 0) is 6.18 Å². The largest absolute Gasteiger partial charge is 0.437 e. The van der Waals surface area contributed by atoms with Crippen molar-refractivity contribution in [1.82, 2.24) is 10.2 Å². The minimum atomic E-state index is -4.55. The molecule has 0 aliphatic heterocycles. The molecule has 1 aromatic heterocycles. The van der Waals surface area contributed by atoms with Crippen molar-refractivity contribution in [1.29, 1.82) is 0 Å². The van der Waals surface area contributed by atoms with Crippen LogP contribution in [0.25, 0.3) is 0 Å². The standard InChI is InChI=1S/C12H10F3N3O/c1-7-4-11(18-17-6-7)19-10-3-2-8(16)5-9(10)12(13,14)15/h2-6H,16H2,1H3. The number of hydrogen-bond acceptors (Lipinski definition) is 4. The van der Waals surface area contributed by atoms with E-state index in [0.29, 0.717) is 0 Å². The molecule has 0 amide bonds. The van der Waals surface area contributed by atoms with E-state index in [1.807, 2.05) is 0 Å². The zero-order valence-electron chi connectivity index (χ0n) is 9.90. The fourth-order valence-corrected chi connectivity index (χ4v) is 1.46. The molecule has 1 heterocycles. The van der Waals surface area contributed by atoms with Gasteiger partial charge >= 0.3 is 6.18 Å². The van der Waals surface area contributed by atoms with Crippen LogP contribution in [0.1, 0.15) is 11.1 Å². The average Bonchev–Trinajstić information content (AvgIpc) is 2.30. The van der Waals surface area contributed by atoms with E-state index in [-0.39, 0.29) is 17.3 Å². The number of benzene rings is 1. The Hall–Kier alpha value is -2.31. The van der Waals surface area contributed by atoms with E-state index >= 15 is 0 Å². The van der Waals surface area contributed by atoms with Gasteiger partial charge in [0.15, 0.2) is 0 Å². The molecule has 0 atom stereocenters. The minimum Gasteiger partial charge on any atom is -0.437 e. The Kier molecular flexibility index (Phi) is 3.28. The smallest absolute Gasteiger partial charge is 0.420 e. The van der Waals surface area contributed by atoms with E-state index < -0.39 is 11.7 Å². The molecule has 100 valence electrons. The third-order valence-electron chi connectivity index (χ3n) is 2.29. The van der Waals surface area contributed by atoms with Gasteiger partial charge in [-0.3, -0.25) is 0 Å². The van der Waals surface area contributed by atoms with Crippen molar-refractivity contribution < 1.29 is 17.9 Å². The van der Waals surface area contributed by atoms with Gasteiger partial charge in [0.1, 0.15) is 11.3 Å². The van der Waals surface area contributed by atoms with Gasteiger partial charge in [-0.05, 0) is 30.7 Å². The maximum atomic E-state index is 12.8. The van der Waals surface area contributed by atoms with Crippen LogP contribution >= 0.6 is 0 Å². The maximum absolute atomic E-state index is 12.8. The van der Waals surface area contributed by atoms with Crippen molar-refractivity contribution in [2.75, 3.05) is 5.73 Å². The molecule has 2 aromatic rings. The molecule has 0 spiro atoms. The SMILES string of the molecule is Cc1cnnc(Oc2ccc(N)cc2C(F)(F)F)c1. The quantitative estimate of drug-likeness (QED) is 0.850. The molecule has 0 unspecified atom stereocenters. The summed E-state index contributed by atoms with van der Waals surface area (Å²) in [5.41, 5.74) is 5.15. The van der Waals surface area contributed by atoms with Gasteiger partial charge in [0.2, 0.25) is 5.88 Å².